The lowest BCUT2D eigenvalue weighted by atomic mass is 10.1. The van der Waals surface area contributed by atoms with Gasteiger partial charge in [0.25, 0.3) is 0 Å². The number of amides is 2. The molecule has 0 aliphatic carbocycles. The van der Waals surface area contributed by atoms with Gasteiger partial charge in [0, 0.05) is 44.8 Å². The molecule has 0 aromatic heterocycles. The third kappa shape index (κ3) is 12.4. The summed E-state index contributed by atoms with van der Waals surface area (Å²) in [6, 6.07) is 14.2. The summed E-state index contributed by atoms with van der Waals surface area (Å²) in [5, 5.41) is 11.2. The van der Waals surface area contributed by atoms with E-state index in [2.05, 4.69) is 5.32 Å². The summed E-state index contributed by atoms with van der Waals surface area (Å²) in [5.41, 5.74) is 0.192. The quantitative estimate of drug-likeness (QED) is 0.0959. The molecule has 2 saturated heterocycles. The van der Waals surface area contributed by atoms with Crippen LogP contribution in [0.1, 0.15) is 38.2 Å². The normalized spacial score (nSPS) is 18.0. The largest absolute Gasteiger partial charge is 0.463 e. The third-order valence-electron chi connectivity index (χ3n) is 8.91. The van der Waals surface area contributed by atoms with Gasteiger partial charge in [-0.2, -0.15) is 0 Å². The predicted molar refractivity (Wildman–Crippen MR) is 205 cm³/mol. The average molecular weight is 827 g/mol. The van der Waals surface area contributed by atoms with Crippen molar-refractivity contribution in [3.63, 3.8) is 0 Å². The molecule has 314 valence electrons. The van der Waals surface area contributed by atoms with Crippen molar-refractivity contribution in [3.05, 3.63) is 108 Å². The highest BCUT2D eigenvalue weighted by Gasteiger charge is 2.35. The molecular weight excluding hydrogens is 784 g/mol. The number of cyclic esters (lactones) is 1. The Morgan fingerprint density at radius 3 is 1.92 bits per heavy atom. The van der Waals surface area contributed by atoms with Crippen molar-refractivity contribution in [1.82, 2.24) is 0 Å². The number of esters is 1. The van der Waals surface area contributed by atoms with Gasteiger partial charge in [0.1, 0.15) is 25.4 Å². The second kappa shape index (κ2) is 20.9. The van der Waals surface area contributed by atoms with E-state index in [1.54, 1.807) is 24.3 Å². The molecule has 2 amide bonds. The predicted octanol–water partition coefficient (Wildman–Crippen LogP) is 6.31. The number of halogens is 4. The Bertz CT molecular complexity index is 2060. The molecule has 0 unspecified atom stereocenters. The highest BCUT2D eigenvalue weighted by molar-refractivity contribution is 5.93. The minimum Gasteiger partial charge on any atom is -0.463 e. The number of benzene rings is 3. The first-order chi connectivity index (χ1) is 28.4. The summed E-state index contributed by atoms with van der Waals surface area (Å²) < 4.78 is 76.8. The smallest absolute Gasteiger partial charge is 0.414 e. The Kier molecular flexibility index (Phi) is 15.6. The zero-order valence-corrected chi connectivity index (χ0v) is 31.9. The van der Waals surface area contributed by atoms with E-state index in [0.717, 1.165) is 23.5 Å². The lowest BCUT2D eigenvalue weighted by Crippen LogP contribution is -2.28. The molecule has 3 aromatic rings. The zero-order valence-electron chi connectivity index (χ0n) is 31.9. The number of hydrogen-bond donors (Lipinski definition) is 2. The highest BCUT2D eigenvalue weighted by atomic mass is 19.2. The first kappa shape index (κ1) is 43.8. The molecule has 4 aliphatic heterocycles. The average Bonchev–Trinajstić information content (AvgIpc) is 4.00. The molecule has 14 nitrogen and oxygen atoms in total. The topological polar surface area (TPSA) is 168 Å². The van der Waals surface area contributed by atoms with E-state index in [9.17, 15) is 41.5 Å². The van der Waals surface area contributed by atoms with Gasteiger partial charge in [0.05, 0.1) is 42.5 Å². The minimum atomic E-state index is -1.19. The van der Waals surface area contributed by atoms with Crippen molar-refractivity contribution < 1.29 is 65.6 Å². The number of rotatable bonds is 11. The maximum absolute atomic E-state index is 14.3. The van der Waals surface area contributed by atoms with Crippen LogP contribution in [0, 0.1) is 23.3 Å². The highest BCUT2D eigenvalue weighted by Crippen LogP contribution is 2.33. The number of anilines is 4. The molecule has 59 heavy (non-hydrogen) atoms. The molecule has 0 saturated carbocycles. The monoisotopic (exact) mass is 826 g/mol. The fourth-order valence-electron chi connectivity index (χ4n) is 5.65. The molecule has 0 radical (unpaired) electrons. The standard InChI is InChI=1S/C19H16F2N2O3.C15H14F2N2O4.C7H12O3/c20-17-15(22-19(25)26-12-13-4-2-1-3-5-13)6-7-16(18(17)21)23-10-8-14(24)9-11-23;16-13-11(18-5-3-9(21)4-6-18)1-2-12(14(13)17)19-7-10(8-20)23-15(19)22;1-2-3-7(8)10-5-6-4-9-6/h1-8,10H,9,11-12H2,(H,22,25);1-3,5,10,20H,4,6-8H2;6H,2-5H2,1H3/t;10-;6-/m.11/s1. The van der Waals surface area contributed by atoms with E-state index in [4.69, 9.17) is 24.1 Å². The molecule has 4 heterocycles. The first-order valence-corrected chi connectivity index (χ1v) is 18.6. The van der Waals surface area contributed by atoms with Gasteiger partial charge < -0.3 is 33.9 Å². The van der Waals surface area contributed by atoms with Gasteiger partial charge in [0.15, 0.2) is 34.8 Å². The number of carbonyl (C=O) groups is 5. The van der Waals surface area contributed by atoms with E-state index < -0.39 is 48.2 Å². The van der Waals surface area contributed by atoms with Crippen molar-refractivity contribution in [3.8, 4) is 0 Å². The SMILES string of the molecule is CCCC(=O)OC[C@H]1CO1.O=C1C=CN(c2ccc(N3C[C@H](CO)OC3=O)c(F)c2F)CC1.O=C1C=CN(c2ccc(NC(=O)OCc3ccccc3)c(F)c2F)CC1. The Morgan fingerprint density at radius 1 is 0.797 bits per heavy atom. The van der Waals surface area contributed by atoms with E-state index >= 15 is 0 Å². The fourth-order valence-corrected chi connectivity index (χ4v) is 5.65. The van der Waals surface area contributed by atoms with Gasteiger partial charge in [-0.3, -0.25) is 24.6 Å². The van der Waals surface area contributed by atoms with E-state index in [0.29, 0.717) is 13.0 Å². The second-order valence-electron chi connectivity index (χ2n) is 13.3. The Morgan fingerprint density at radius 2 is 1.37 bits per heavy atom. The van der Waals surface area contributed by atoms with E-state index in [-0.39, 0.29) is 85.5 Å². The first-order valence-electron chi connectivity index (χ1n) is 18.6. The number of ether oxygens (including phenoxy) is 4. The summed E-state index contributed by atoms with van der Waals surface area (Å²) >= 11 is 0. The van der Waals surface area contributed by atoms with Gasteiger partial charge in [-0.1, -0.05) is 37.3 Å². The fraction of sp³-hybridized carbons (Fsp3) is 0.341. The summed E-state index contributed by atoms with van der Waals surface area (Å²) in [6.45, 7) is 3.23. The number of nitrogens with zero attached hydrogens (tertiary/aromatic N) is 3. The summed E-state index contributed by atoms with van der Waals surface area (Å²) in [5.74, 6) is -4.84. The molecule has 2 fully saturated rings. The molecule has 3 aromatic carbocycles. The van der Waals surface area contributed by atoms with Crippen LogP contribution in [0.5, 0.6) is 0 Å². The van der Waals surface area contributed by atoms with Crippen LogP contribution in [0.4, 0.5) is 49.9 Å². The van der Waals surface area contributed by atoms with Crippen LogP contribution in [0.2, 0.25) is 0 Å². The van der Waals surface area contributed by atoms with Crippen molar-refractivity contribution >= 4 is 52.5 Å². The molecule has 7 rings (SSSR count). The number of allylic oxidation sites excluding steroid dienone is 2. The molecule has 2 N–H and O–H groups in total. The van der Waals surface area contributed by atoms with Crippen LogP contribution >= 0.6 is 0 Å². The van der Waals surface area contributed by atoms with E-state index in [1.807, 2.05) is 13.0 Å². The number of ketones is 2. The number of hydrogen-bond acceptors (Lipinski definition) is 12. The van der Waals surface area contributed by atoms with Crippen LogP contribution in [0.3, 0.4) is 0 Å². The number of carbonyl (C=O) groups excluding carboxylic acids is 5. The van der Waals surface area contributed by atoms with Gasteiger partial charge in [-0.05, 0) is 48.4 Å². The second-order valence-corrected chi connectivity index (χ2v) is 13.3. The Hall–Kier alpha value is -6.27. The van der Waals surface area contributed by atoms with Crippen molar-refractivity contribution in [2.45, 2.75) is 51.4 Å². The van der Waals surface area contributed by atoms with Crippen LogP contribution in [-0.2, 0) is 39.9 Å². The van der Waals surface area contributed by atoms with Gasteiger partial charge in [-0.15, -0.1) is 0 Å². The molecule has 4 aliphatic rings. The third-order valence-corrected chi connectivity index (χ3v) is 8.91. The van der Waals surface area contributed by atoms with Crippen LogP contribution in [-0.4, -0.2) is 86.5 Å². The van der Waals surface area contributed by atoms with Crippen LogP contribution < -0.4 is 20.0 Å². The molecule has 0 spiro atoms. The maximum atomic E-state index is 14.3. The van der Waals surface area contributed by atoms with Crippen molar-refractivity contribution in [2.75, 3.05) is 59.5 Å². The summed E-state index contributed by atoms with van der Waals surface area (Å²) in [6.07, 6.45) is 4.95. The molecule has 18 heteroatoms. The van der Waals surface area contributed by atoms with E-state index in [1.165, 1.54) is 58.6 Å². The van der Waals surface area contributed by atoms with Crippen molar-refractivity contribution in [2.24, 2.45) is 0 Å². The number of aliphatic hydroxyl groups excluding tert-OH is 1. The lowest BCUT2D eigenvalue weighted by Gasteiger charge is -2.24. The number of aliphatic hydroxyl groups is 1. The van der Waals surface area contributed by atoms with Crippen molar-refractivity contribution in [1.29, 1.82) is 0 Å². The minimum absolute atomic E-state index is 0.00514. The number of epoxide rings is 1. The van der Waals surface area contributed by atoms with Crippen LogP contribution in [0.25, 0.3) is 0 Å². The maximum Gasteiger partial charge on any atom is 0.414 e. The summed E-state index contributed by atoms with van der Waals surface area (Å²) in [4.78, 5) is 60.3. The summed E-state index contributed by atoms with van der Waals surface area (Å²) in [7, 11) is 0. The van der Waals surface area contributed by atoms with Crippen LogP contribution in [0.15, 0.2) is 79.1 Å². The van der Waals surface area contributed by atoms with Gasteiger partial charge >= 0.3 is 18.2 Å². The zero-order chi connectivity index (χ0) is 42.5. The Balaban J connectivity index is 0.000000183. The molecule has 2 atom stereocenters. The number of nitrogens with one attached hydrogen (secondary N) is 1. The molecule has 0 bridgehead atoms. The van der Waals surface area contributed by atoms with Gasteiger partial charge in [-0.25, -0.2) is 27.2 Å². The Labute approximate surface area is 336 Å². The molecular formula is C41H42F4N4O10. The van der Waals surface area contributed by atoms with Gasteiger partial charge in [0.2, 0.25) is 0 Å². The lowest BCUT2D eigenvalue weighted by molar-refractivity contribution is -0.144.